The summed E-state index contributed by atoms with van der Waals surface area (Å²) in [6, 6.07) is 12.3. The monoisotopic (exact) mass is 359 g/mol. The Bertz CT molecular complexity index is 854. The number of aryl methyl sites for hydroxylation is 1. The summed E-state index contributed by atoms with van der Waals surface area (Å²) in [5.41, 5.74) is 3.11. The third kappa shape index (κ3) is 4.29. The molecule has 2 N–H and O–H groups in total. The number of amides is 1. The van der Waals surface area contributed by atoms with Gasteiger partial charge in [0.2, 0.25) is 0 Å². The molecule has 0 aromatic heterocycles. The smallest absolute Gasteiger partial charge is 0.267 e. The van der Waals surface area contributed by atoms with E-state index in [1.807, 2.05) is 32.0 Å². The number of nitriles is 1. The number of rotatable bonds is 4. The topological polar surface area (TPSA) is 64.9 Å². The largest absolute Gasteiger partial charge is 0.359 e. The van der Waals surface area contributed by atoms with Crippen LogP contribution < -0.4 is 10.6 Å². The number of anilines is 2. The molecular weight excluding hydrogens is 345 g/mol. The van der Waals surface area contributed by atoms with E-state index in [-0.39, 0.29) is 5.57 Å². The molecular formula is C18H15Cl2N3O. The van der Waals surface area contributed by atoms with E-state index in [2.05, 4.69) is 10.6 Å². The minimum atomic E-state index is -0.503. The lowest BCUT2D eigenvalue weighted by atomic mass is 10.1. The molecule has 122 valence electrons. The number of nitrogens with one attached hydrogen (secondary N) is 2. The van der Waals surface area contributed by atoms with E-state index in [0.29, 0.717) is 21.4 Å². The molecule has 0 aliphatic rings. The minimum absolute atomic E-state index is 0.0769. The van der Waals surface area contributed by atoms with Crippen LogP contribution in [0.2, 0.25) is 10.0 Å². The number of nitrogens with zero attached hydrogens (tertiary/aromatic N) is 1. The van der Waals surface area contributed by atoms with Gasteiger partial charge >= 0.3 is 0 Å². The maximum atomic E-state index is 12.3. The van der Waals surface area contributed by atoms with Crippen LogP contribution in [-0.2, 0) is 4.79 Å². The molecule has 2 aromatic rings. The summed E-state index contributed by atoms with van der Waals surface area (Å²) in [6.07, 6.45) is 1.30. The third-order valence-corrected chi connectivity index (χ3v) is 4.08. The SMILES string of the molecule is Cc1cccc(NC(=O)/C(C#N)=C\Nc2cc(Cl)ccc2Cl)c1C. The van der Waals surface area contributed by atoms with Gasteiger partial charge in [-0.15, -0.1) is 0 Å². The highest BCUT2D eigenvalue weighted by molar-refractivity contribution is 6.35. The molecule has 24 heavy (non-hydrogen) atoms. The molecule has 0 atom stereocenters. The van der Waals surface area contributed by atoms with Crippen molar-refractivity contribution >= 4 is 40.5 Å². The first-order valence-electron chi connectivity index (χ1n) is 7.12. The average Bonchev–Trinajstić information content (AvgIpc) is 2.55. The second-order valence-corrected chi connectivity index (χ2v) is 5.98. The van der Waals surface area contributed by atoms with Crippen molar-refractivity contribution in [1.29, 1.82) is 5.26 Å². The van der Waals surface area contributed by atoms with Crippen molar-refractivity contribution < 1.29 is 4.79 Å². The number of carbonyl (C=O) groups is 1. The van der Waals surface area contributed by atoms with E-state index in [4.69, 9.17) is 23.2 Å². The number of halogens is 2. The van der Waals surface area contributed by atoms with Gasteiger partial charge in [0.05, 0.1) is 10.7 Å². The molecule has 4 nitrogen and oxygen atoms in total. The Morgan fingerprint density at radius 1 is 1.17 bits per heavy atom. The lowest BCUT2D eigenvalue weighted by molar-refractivity contribution is -0.112. The van der Waals surface area contributed by atoms with Gasteiger partial charge in [-0.2, -0.15) is 5.26 Å². The van der Waals surface area contributed by atoms with Crippen LogP contribution in [0.5, 0.6) is 0 Å². The number of carbonyl (C=O) groups excluding carboxylic acids is 1. The normalized spacial score (nSPS) is 10.9. The number of hydrogen-bond donors (Lipinski definition) is 2. The molecule has 0 fully saturated rings. The maximum absolute atomic E-state index is 12.3. The Balaban J connectivity index is 2.18. The molecule has 0 saturated heterocycles. The summed E-state index contributed by atoms with van der Waals surface area (Å²) in [5, 5.41) is 15.7. The molecule has 0 saturated carbocycles. The summed E-state index contributed by atoms with van der Waals surface area (Å²) >= 11 is 11.9. The van der Waals surface area contributed by atoms with Gasteiger partial charge < -0.3 is 10.6 Å². The van der Waals surface area contributed by atoms with Crippen molar-refractivity contribution in [3.05, 3.63) is 69.3 Å². The molecule has 2 rings (SSSR count). The Morgan fingerprint density at radius 2 is 1.92 bits per heavy atom. The van der Waals surface area contributed by atoms with E-state index >= 15 is 0 Å². The molecule has 2 aromatic carbocycles. The van der Waals surface area contributed by atoms with Gasteiger partial charge in [0.1, 0.15) is 11.6 Å². The highest BCUT2D eigenvalue weighted by atomic mass is 35.5. The second-order valence-electron chi connectivity index (χ2n) is 5.14. The zero-order chi connectivity index (χ0) is 17.7. The fourth-order valence-corrected chi connectivity index (χ4v) is 2.33. The summed E-state index contributed by atoms with van der Waals surface area (Å²) in [7, 11) is 0. The molecule has 6 heteroatoms. The Kier molecular flexibility index (Phi) is 5.86. The zero-order valence-electron chi connectivity index (χ0n) is 13.2. The maximum Gasteiger partial charge on any atom is 0.267 e. The highest BCUT2D eigenvalue weighted by Crippen LogP contribution is 2.25. The Labute approximate surface area is 150 Å². The average molecular weight is 360 g/mol. The first-order valence-corrected chi connectivity index (χ1v) is 7.87. The van der Waals surface area contributed by atoms with E-state index in [9.17, 15) is 10.1 Å². The second kappa shape index (κ2) is 7.87. The predicted octanol–water partition coefficient (Wildman–Crippen LogP) is 5.07. The van der Waals surface area contributed by atoms with Crippen molar-refractivity contribution in [3.63, 3.8) is 0 Å². The van der Waals surface area contributed by atoms with Crippen LogP contribution >= 0.6 is 23.2 Å². The predicted molar refractivity (Wildman–Crippen MR) is 98.3 cm³/mol. The van der Waals surface area contributed by atoms with Crippen LogP contribution in [0.25, 0.3) is 0 Å². The van der Waals surface area contributed by atoms with Crippen molar-refractivity contribution in [2.75, 3.05) is 10.6 Å². The van der Waals surface area contributed by atoms with Gasteiger partial charge in [-0.3, -0.25) is 4.79 Å². The Hall–Kier alpha value is -2.48. The Morgan fingerprint density at radius 3 is 2.62 bits per heavy atom. The standard InChI is InChI=1S/C18H15Cl2N3O/c1-11-4-3-5-16(12(11)2)23-18(24)13(9-21)10-22-17-8-14(19)6-7-15(17)20/h3-8,10,22H,1-2H3,(H,23,24)/b13-10-. The minimum Gasteiger partial charge on any atom is -0.359 e. The molecule has 0 aliphatic carbocycles. The summed E-state index contributed by atoms with van der Waals surface area (Å²) < 4.78 is 0. The van der Waals surface area contributed by atoms with E-state index in [1.165, 1.54) is 6.20 Å². The quantitative estimate of drug-likeness (QED) is 0.591. The van der Waals surface area contributed by atoms with Crippen molar-refractivity contribution in [3.8, 4) is 6.07 Å². The molecule has 1 amide bonds. The van der Waals surface area contributed by atoms with Crippen LogP contribution in [-0.4, -0.2) is 5.91 Å². The van der Waals surface area contributed by atoms with E-state index < -0.39 is 5.91 Å². The lowest BCUT2D eigenvalue weighted by Crippen LogP contribution is -2.15. The highest BCUT2D eigenvalue weighted by Gasteiger charge is 2.11. The van der Waals surface area contributed by atoms with Crippen LogP contribution in [0.3, 0.4) is 0 Å². The summed E-state index contributed by atoms with van der Waals surface area (Å²) in [6.45, 7) is 3.86. The van der Waals surface area contributed by atoms with Gasteiger partial charge in [0, 0.05) is 16.9 Å². The van der Waals surface area contributed by atoms with Crippen LogP contribution in [0, 0.1) is 25.2 Å². The van der Waals surface area contributed by atoms with Gasteiger partial charge in [0.25, 0.3) is 5.91 Å². The third-order valence-electron chi connectivity index (χ3n) is 3.52. The molecule has 0 spiro atoms. The van der Waals surface area contributed by atoms with Crippen LogP contribution in [0.15, 0.2) is 48.2 Å². The fourth-order valence-electron chi connectivity index (χ4n) is 1.98. The van der Waals surface area contributed by atoms with Gasteiger partial charge in [-0.25, -0.2) is 0 Å². The summed E-state index contributed by atoms with van der Waals surface area (Å²) in [4.78, 5) is 12.3. The summed E-state index contributed by atoms with van der Waals surface area (Å²) in [5.74, 6) is -0.503. The lowest BCUT2D eigenvalue weighted by Gasteiger charge is -2.10. The molecule has 0 heterocycles. The molecule has 0 bridgehead atoms. The van der Waals surface area contributed by atoms with Crippen molar-refractivity contribution in [2.45, 2.75) is 13.8 Å². The van der Waals surface area contributed by atoms with Crippen LogP contribution in [0.4, 0.5) is 11.4 Å². The first-order chi connectivity index (χ1) is 11.4. The number of benzene rings is 2. The van der Waals surface area contributed by atoms with Gasteiger partial charge in [0.15, 0.2) is 0 Å². The van der Waals surface area contributed by atoms with Crippen molar-refractivity contribution in [1.82, 2.24) is 0 Å². The molecule has 0 unspecified atom stereocenters. The molecule has 0 radical (unpaired) electrons. The molecule has 0 aliphatic heterocycles. The van der Waals surface area contributed by atoms with E-state index in [0.717, 1.165) is 11.1 Å². The first kappa shape index (κ1) is 17.9. The fraction of sp³-hybridized carbons (Fsp3) is 0.111. The number of hydrogen-bond acceptors (Lipinski definition) is 3. The van der Waals surface area contributed by atoms with Gasteiger partial charge in [-0.1, -0.05) is 35.3 Å². The van der Waals surface area contributed by atoms with Crippen LogP contribution in [0.1, 0.15) is 11.1 Å². The van der Waals surface area contributed by atoms with Gasteiger partial charge in [-0.05, 0) is 49.2 Å². The van der Waals surface area contributed by atoms with E-state index in [1.54, 1.807) is 24.3 Å². The zero-order valence-corrected chi connectivity index (χ0v) is 14.7. The van der Waals surface area contributed by atoms with Crippen molar-refractivity contribution in [2.24, 2.45) is 0 Å².